The highest BCUT2D eigenvalue weighted by Gasteiger charge is 2.29. The molecule has 1 aliphatic carbocycles. The van der Waals surface area contributed by atoms with Crippen molar-refractivity contribution in [1.29, 1.82) is 0 Å². The summed E-state index contributed by atoms with van der Waals surface area (Å²) < 4.78 is 0. The van der Waals surface area contributed by atoms with E-state index in [1.807, 2.05) is 11.9 Å². The van der Waals surface area contributed by atoms with E-state index >= 15 is 0 Å². The van der Waals surface area contributed by atoms with Crippen molar-refractivity contribution in [3.8, 4) is 0 Å². The summed E-state index contributed by atoms with van der Waals surface area (Å²) in [5.74, 6) is 0.916. The quantitative estimate of drug-likeness (QED) is 0.720. The van der Waals surface area contributed by atoms with Gasteiger partial charge in [0.25, 0.3) is 0 Å². The van der Waals surface area contributed by atoms with Crippen molar-refractivity contribution in [2.75, 3.05) is 13.6 Å². The van der Waals surface area contributed by atoms with Crippen LogP contribution in [0.2, 0.25) is 0 Å². The molecule has 1 rings (SSSR count). The first-order valence-corrected chi connectivity index (χ1v) is 6.59. The van der Waals surface area contributed by atoms with Crippen molar-refractivity contribution in [2.45, 2.75) is 58.5 Å². The molecule has 0 spiro atoms. The van der Waals surface area contributed by atoms with Gasteiger partial charge in [-0.25, -0.2) is 0 Å². The summed E-state index contributed by atoms with van der Waals surface area (Å²) in [6, 6.07) is 0.962. The number of hydrogen-bond donors (Lipinski definition) is 1. The molecule has 1 aliphatic rings. The van der Waals surface area contributed by atoms with E-state index < -0.39 is 0 Å². The van der Waals surface area contributed by atoms with Crippen LogP contribution in [-0.4, -0.2) is 36.5 Å². The van der Waals surface area contributed by atoms with Gasteiger partial charge in [0.05, 0.1) is 6.54 Å². The molecule has 94 valence electrons. The molecular weight excluding hydrogens is 200 g/mol. The number of amides is 1. The molecule has 1 amide bonds. The minimum Gasteiger partial charge on any atom is -0.342 e. The van der Waals surface area contributed by atoms with Crippen LogP contribution in [0.4, 0.5) is 0 Å². The smallest absolute Gasteiger partial charge is 0.236 e. The zero-order chi connectivity index (χ0) is 12.1. The Hall–Kier alpha value is -0.570. The molecule has 0 heterocycles. The van der Waals surface area contributed by atoms with E-state index in [1.54, 1.807) is 0 Å². The second-order valence-electron chi connectivity index (χ2n) is 4.98. The summed E-state index contributed by atoms with van der Waals surface area (Å²) in [6.07, 6.45) is 4.73. The zero-order valence-corrected chi connectivity index (χ0v) is 11.1. The van der Waals surface area contributed by atoms with E-state index in [0.717, 1.165) is 0 Å². The first kappa shape index (κ1) is 13.5. The molecule has 0 saturated heterocycles. The van der Waals surface area contributed by atoms with Crippen molar-refractivity contribution in [2.24, 2.45) is 5.92 Å². The van der Waals surface area contributed by atoms with Crippen LogP contribution in [0, 0.1) is 5.92 Å². The number of rotatable bonds is 7. The molecule has 0 aromatic carbocycles. The van der Waals surface area contributed by atoms with E-state index in [1.165, 1.54) is 25.7 Å². The standard InChI is InChI=1S/C13H26N2O/c1-5-11(6-2)10(3)14-9-13(16)15(4)12-7-8-12/h10-12,14H,5-9H2,1-4H3. The number of carbonyl (C=O) groups is 1. The van der Waals surface area contributed by atoms with E-state index in [2.05, 4.69) is 26.1 Å². The lowest BCUT2D eigenvalue weighted by Crippen LogP contribution is -2.42. The van der Waals surface area contributed by atoms with Crippen LogP contribution >= 0.6 is 0 Å². The molecule has 3 heteroatoms. The maximum Gasteiger partial charge on any atom is 0.236 e. The normalized spacial score (nSPS) is 17.6. The van der Waals surface area contributed by atoms with Gasteiger partial charge in [0.1, 0.15) is 0 Å². The molecule has 3 nitrogen and oxygen atoms in total. The van der Waals surface area contributed by atoms with Gasteiger partial charge < -0.3 is 10.2 Å². The molecule has 16 heavy (non-hydrogen) atoms. The van der Waals surface area contributed by atoms with E-state index in [-0.39, 0.29) is 5.91 Å². The highest BCUT2D eigenvalue weighted by Crippen LogP contribution is 2.25. The predicted octanol–water partition coefficient (Wildman–Crippen LogP) is 2.02. The first-order chi connectivity index (χ1) is 7.60. The highest BCUT2D eigenvalue weighted by molar-refractivity contribution is 5.78. The Labute approximate surface area is 99.6 Å². The van der Waals surface area contributed by atoms with Gasteiger partial charge in [-0.2, -0.15) is 0 Å². The molecule has 0 aliphatic heterocycles. The summed E-state index contributed by atoms with van der Waals surface area (Å²) >= 11 is 0. The van der Waals surface area contributed by atoms with Gasteiger partial charge in [-0.1, -0.05) is 26.7 Å². The molecule has 0 aromatic heterocycles. The van der Waals surface area contributed by atoms with Crippen LogP contribution in [0.3, 0.4) is 0 Å². The zero-order valence-electron chi connectivity index (χ0n) is 11.1. The molecule has 1 fully saturated rings. The van der Waals surface area contributed by atoms with Crippen molar-refractivity contribution >= 4 is 5.91 Å². The van der Waals surface area contributed by atoms with Crippen molar-refractivity contribution in [1.82, 2.24) is 10.2 Å². The Morgan fingerprint density at radius 1 is 1.38 bits per heavy atom. The minimum atomic E-state index is 0.236. The van der Waals surface area contributed by atoms with Crippen molar-refractivity contribution in [3.05, 3.63) is 0 Å². The second kappa shape index (κ2) is 6.24. The fraction of sp³-hybridized carbons (Fsp3) is 0.923. The molecular formula is C13H26N2O. The largest absolute Gasteiger partial charge is 0.342 e. The lowest BCUT2D eigenvalue weighted by Gasteiger charge is -2.24. The molecule has 0 radical (unpaired) electrons. The third-order valence-corrected chi connectivity index (χ3v) is 3.82. The van der Waals surface area contributed by atoms with Gasteiger partial charge >= 0.3 is 0 Å². The summed E-state index contributed by atoms with van der Waals surface area (Å²) in [5, 5.41) is 3.36. The third-order valence-electron chi connectivity index (χ3n) is 3.82. The lowest BCUT2D eigenvalue weighted by atomic mass is 9.95. The number of nitrogens with one attached hydrogen (secondary N) is 1. The third kappa shape index (κ3) is 3.78. The Bertz CT molecular complexity index is 222. The Kier molecular flexibility index (Phi) is 5.26. The Morgan fingerprint density at radius 3 is 2.38 bits per heavy atom. The van der Waals surface area contributed by atoms with Gasteiger partial charge in [0.15, 0.2) is 0 Å². The number of carbonyl (C=O) groups excluding carboxylic acids is 1. The van der Waals surface area contributed by atoms with Crippen molar-refractivity contribution < 1.29 is 4.79 Å². The van der Waals surface area contributed by atoms with Crippen LogP contribution in [0.1, 0.15) is 46.5 Å². The van der Waals surface area contributed by atoms with Gasteiger partial charge in [-0.05, 0) is 25.7 Å². The lowest BCUT2D eigenvalue weighted by molar-refractivity contribution is -0.129. The van der Waals surface area contributed by atoms with Crippen LogP contribution in [0.15, 0.2) is 0 Å². The van der Waals surface area contributed by atoms with Gasteiger partial charge in [0, 0.05) is 19.1 Å². The molecule has 1 N–H and O–H groups in total. The number of likely N-dealkylation sites (N-methyl/N-ethyl adjacent to an activating group) is 1. The molecule has 0 bridgehead atoms. The first-order valence-electron chi connectivity index (χ1n) is 6.59. The number of nitrogens with zero attached hydrogens (tertiary/aromatic N) is 1. The summed E-state index contributed by atoms with van der Waals surface area (Å²) in [5.41, 5.74) is 0. The van der Waals surface area contributed by atoms with Crippen molar-refractivity contribution in [3.63, 3.8) is 0 Å². The maximum atomic E-state index is 11.8. The minimum absolute atomic E-state index is 0.236. The van der Waals surface area contributed by atoms with Crippen LogP contribution < -0.4 is 5.32 Å². The molecule has 0 aromatic rings. The number of hydrogen-bond acceptors (Lipinski definition) is 2. The average Bonchev–Trinajstić information content (AvgIpc) is 3.10. The Balaban J connectivity index is 2.24. The van der Waals surface area contributed by atoms with E-state index in [9.17, 15) is 4.79 Å². The monoisotopic (exact) mass is 226 g/mol. The fourth-order valence-electron chi connectivity index (χ4n) is 2.20. The van der Waals surface area contributed by atoms with Crippen LogP contribution in [0.5, 0.6) is 0 Å². The van der Waals surface area contributed by atoms with Gasteiger partial charge in [-0.15, -0.1) is 0 Å². The van der Waals surface area contributed by atoms with E-state index in [4.69, 9.17) is 0 Å². The van der Waals surface area contributed by atoms with Crippen LogP contribution in [-0.2, 0) is 4.79 Å². The topological polar surface area (TPSA) is 32.3 Å². The Morgan fingerprint density at radius 2 is 1.94 bits per heavy atom. The predicted molar refractivity (Wildman–Crippen MR) is 67.3 cm³/mol. The summed E-state index contributed by atoms with van der Waals surface area (Å²) in [6.45, 7) is 7.10. The van der Waals surface area contributed by atoms with E-state index in [0.29, 0.717) is 24.5 Å². The van der Waals surface area contributed by atoms with Gasteiger partial charge in [0.2, 0.25) is 5.91 Å². The molecule has 1 unspecified atom stereocenters. The maximum absolute atomic E-state index is 11.8. The SMILES string of the molecule is CCC(CC)C(C)NCC(=O)N(C)C1CC1. The molecule has 1 atom stereocenters. The van der Waals surface area contributed by atoms with Gasteiger partial charge in [-0.3, -0.25) is 4.79 Å². The summed E-state index contributed by atoms with van der Waals surface area (Å²) in [7, 11) is 1.92. The molecule has 1 saturated carbocycles. The summed E-state index contributed by atoms with van der Waals surface area (Å²) in [4.78, 5) is 13.7. The fourth-order valence-corrected chi connectivity index (χ4v) is 2.20. The highest BCUT2D eigenvalue weighted by atomic mass is 16.2. The second-order valence-corrected chi connectivity index (χ2v) is 4.98. The average molecular weight is 226 g/mol. The van der Waals surface area contributed by atoms with Crippen LogP contribution in [0.25, 0.3) is 0 Å².